The summed E-state index contributed by atoms with van der Waals surface area (Å²) in [5, 5.41) is 22.7. The molecule has 3 N–H and O–H groups in total. The number of rotatable bonds is 7. The zero-order chi connectivity index (χ0) is 19.3. The number of alkyl halides is 2. The summed E-state index contributed by atoms with van der Waals surface area (Å²) in [6, 6.07) is 12.5. The maximum absolute atomic E-state index is 14.5. The average Bonchev–Trinajstić information content (AvgIpc) is 2.69. The van der Waals surface area contributed by atoms with Gasteiger partial charge in [0.1, 0.15) is 30.8 Å². The van der Waals surface area contributed by atoms with Gasteiger partial charge in [0.25, 0.3) is 5.92 Å². The number of hydrogen-bond donors (Lipinski definition) is 3. The molecule has 1 saturated heterocycles. The third kappa shape index (κ3) is 5.32. The van der Waals surface area contributed by atoms with Gasteiger partial charge in [0.05, 0.1) is 0 Å². The zero-order valence-corrected chi connectivity index (χ0v) is 16.2. The number of benzene rings is 2. The van der Waals surface area contributed by atoms with Gasteiger partial charge in [-0.1, -0.05) is 30.3 Å². The van der Waals surface area contributed by atoms with Gasteiger partial charge in [-0.15, -0.1) is 12.4 Å². The summed E-state index contributed by atoms with van der Waals surface area (Å²) in [6.45, 7) is 1.01. The van der Waals surface area contributed by atoms with Crippen LogP contribution in [0.4, 0.5) is 8.78 Å². The van der Waals surface area contributed by atoms with Gasteiger partial charge in [0.15, 0.2) is 0 Å². The van der Waals surface area contributed by atoms with Gasteiger partial charge in [-0.25, -0.2) is 8.78 Å². The van der Waals surface area contributed by atoms with Crippen LogP contribution in [0.25, 0.3) is 0 Å². The Kier molecular flexibility index (Phi) is 8.00. The van der Waals surface area contributed by atoms with Crippen molar-refractivity contribution in [2.24, 2.45) is 0 Å². The number of nitrogens with one attached hydrogen (secondary N) is 1. The lowest BCUT2D eigenvalue weighted by atomic mass is 9.97. The maximum atomic E-state index is 14.5. The molecular weight excluding hydrogens is 390 g/mol. The lowest BCUT2D eigenvalue weighted by Gasteiger charge is -2.39. The molecule has 0 unspecified atom stereocenters. The van der Waals surface area contributed by atoms with Crippen molar-refractivity contribution in [1.82, 2.24) is 10.2 Å². The lowest BCUT2D eigenvalue weighted by molar-refractivity contribution is -0.119. The number of aromatic hydroxyl groups is 1. The number of hydrogen-bond acceptors (Lipinski definition) is 5. The highest BCUT2D eigenvalue weighted by Crippen LogP contribution is 2.41. The van der Waals surface area contributed by atoms with Crippen LogP contribution < -0.4 is 10.1 Å². The van der Waals surface area contributed by atoms with Crippen molar-refractivity contribution in [3.63, 3.8) is 0 Å². The molecule has 0 saturated carbocycles. The van der Waals surface area contributed by atoms with E-state index in [1.165, 1.54) is 12.1 Å². The van der Waals surface area contributed by atoms with E-state index in [1.807, 2.05) is 30.3 Å². The molecule has 1 atom stereocenters. The van der Waals surface area contributed by atoms with Crippen molar-refractivity contribution in [2.45, 2.75) is 18.6 Å². The molecule has 0 bridgehead atoms. The van der Waals surface area contributed by atoms with E-state index >= 15 is 0 Å². The third-order valence-corrected chi connectivity index (χ3v) is 4.67. The molecule has 0 radical (unpaired) electrons. The summed E-state index contributed by atoms with van der Waals surface area (Å²) in [6.07, 6.45) is 0. The smallest absolute Gasteiger partial charge is 0.290 e. The van der Waals surface area contributed by atoms with Crippen molar-refractivity contribution in [2.75, 3.05) is 32.8 Å². The van der Waals surface area contributed by atoms with Gasteiger partial charge in [-0.2, -0.15) is 0 Å². The topological polar surface area (TPSA) is 65.0 Å². The van der Waals surface area contributed by atoms with Gasteiger partial charge < -0.3 is 20.3 Å². The van der Waals surface area contributed by atoms with E-state index in [0.29, 0.717) is 38.5 Å². The molecule has 2 aromatic carbocycles. The average molecular weight is 415 g/mol. The Morgan fingerprint density at radius 1 is 1.11 bits per heavy atom. The Morgan fingerprint density at radius 3 is 2.39 bits per heavy atom. The van der Waals surface area contributed by atoms with Gasteiger partial charge >= 0.3 is 0 Å². The standard InChI is InChI=1S/C20H24F2N2O3.ClH/c21-20(22,14-25)19(24-10-8-23-9-11-24)17-7-6-16(12-18(17)26)27-13-15-4-2-1-3-5-15;/h1-7,12,19,23,25-26H,8-11,13-14H2;1H/t19-;/m1./s1. The molecule has 0 spiro atoms. The highest BCUT2D eigenvalue weighted by Gasteiger charge is 2.45. The van der Waals surface area contributed by atoms with E-state index in [0.717, 1.165) is 5.56 Å². The lowest BCUT2D eigenvalue weighted by Crippen LogP contribution is -2.51. The van der Waals surface area contributed by atoms with E-state index in [-0.39, 0.29) is 23.7 Å². The van der Waals surface area contributed by atoms with E-state index in [1.54, 1.807) is 11.0 Å². The summed E-state index contributed by atoms with van der Waals surface area (Å²) in [5.74, 6) is -3.25. The summed E-state index contributed by atoms with van der Waals surface area (Å²) in [5.41, 5.74) is 1.05. The fourth-order valence-corrected chi connectivity index (χ4v) is 3.30. The highest BCUT2D eigenvalue weighted by atomic mass is 35.5. The van der Waals surface area contributed by atoms with Crippen LogP contribution in [-0.2, 0) is 6.61 Å². The second-order valence-corrected chi connectivity index (χ2v) is 6.60. The predicted molar refractivity (Wildman–Crippen MR) is 105 cm³/mol. The molecule has 1 aliphatic rings. The fraction of sp³-hybridized carbons (Fsp3) is 0.400. The van der Waals surface area contributed by atoms with Crippen LogP contribution in [0.5, 0.6) is 11.5 Å². The normalized spacial score (nSPS) is 16.2. The Bertz CT molecular complexity index is 743. The summed E-state index contributed by atoms with van der Waals surface area (Å²) in [7, 11) is 0. The molecule has 1 heterocycles. The third-order valence-electron chi connectivity index (χ3n) is 4.67. The zero-order valence-electron chi connectivity index (χ0n) is 15.4. The molecule has 1 aliphatic heterocycles. The van der Waals surface area contributed by atoms with E-state index in [4.69, 9.17) is 4.74 Å². The minimum Gasteiger partial charge on any atom is -0.507 e. The second-order valence-electron chi connectivity index (χ2n) is 6.60. The summed E-state index contributed by atoms with van der Waals surface area (Å²) in [4.78, 5) is 1.59. The van der Waals surface area contributed by atoms with Crippen LogP contribution in [0.2, 0.25) is 0 Å². The number of ether oxygens (including phenoxy) is 1. The van der Waals surface area contributed by atoms with Crippen molar-refractivity contribution in [1.29, 1.82) is 0 Å². The van der Waals surface area contributed by atoms with Crippen molar-refractivity contribution >= 4 is 12.4 Å². The van der Waals surface area contributed by atoms with E-state index in [2.05, 4.69) is 5.32 Å². The Balaban J connectivity index is 0.00000280. The molecule has 28 heavy (non-hydrogen) atoms. The molecule has 0 aromatic heterocycles. The van der Waals surface area contributed by atoms with Crippen LogP contribution in [-0.4, -0.2) is 53.8 Å². The molecular formula is C20H25ClF2N2O3. The Morgan fingerprint density at radius 2 is 1.79 bits per heavy atom. The number of halogens is 3. The number of phenols is 1. The van der Waals surface area contributed by atoms with Crippen molar-refractivity contribution < 1.29 is 23.7 Å². The van der Waals surface area contributed by atoms with Gasteiger partial charge in [0.2, 0.25) is 0 Å². The summed E-state index contributed by atoms with van der Waals surface area (Å²) >= 11 is 0. The fourth-order valence-electron chi connectivity index (χ4n) is 3.30. The molecule has 3 rings (SSSR count). The number of nitrogens with zero attached hydrogens (tertiary/aromatic N) is 1. The molecule has 8 heteroatoms. The largest absolute Gasteiger partial charge is 0.507 e. The first kappa shape index (κ1) is 22.4. The quantitative estimate of drug-likeness (QED) is 0.650. The molecule has 0 aliphatic carbocycles. The van der Waals surface area contributed by atoms with Crippen LogP contribution in [0, 0.1) is 0 Å². The summed E-state index contributed by atoms with van der Waals surface area (Å²) < 4.78 is 34.6. The minimum atomic E-state index is -3.37. The van der Waals surface area contributed by atoms with Crippen LogP contribution in [0.15, 0.2) is 48.5 Å². The van der Waals surface area contributed by atoms with E-state index in [9.17, 15) is 19.0 Å². The van der Waals surface area contributed by atoms with Gasteiger partial charge in [0, 0.05) is 37.8 Å². The van der Waals surface area contributed by atoms with Crippen LogP contribution >= 0.6 is 12.4 Å². The monoisotopic (exact) mass is 414 g/mol. The Hall–Kier alpha value is -1.93. The van der Waals surface area contributed by atoms with Gasteiger partial charge in [-0.3, -0.25) is 4.90 Å². The van der Waals surface area contributed by atoms with Crippen LogP contribution in [0.3, 0.4) is 0 Å². The van der Waals surface area contributed by atoms with Crippen LogP contribution in [0.1, 0.15) is 17.2 Å². The maximum Gasteiger partial charge on any atom is 0.290 e. The number of phenolic OH excluding ortho intramolecular Hbond substituents is 1. The minimum absolute atomic E-state index is 0. The second kappa shape index (κ2) is 10.0. The first-order chi connectivity index (χ1) is 13.0. The van der Waals surface area contributed by atoms with Gasteiger partial charge in [-0.05, 0) is 17.7 Å². The van der Waals surface area contributed by atoms with E-state index < -0.39 is 18.6 Å². The number of aliphatic hydroxyl groups is 1. The molecule has 2 aromatic rings. The van der Waals surface area contributed by atoms with Crippen molar-refractivity contribution in [3.8, 4) is 11.5 Å². The Labute approximate surface area is 169 Å². The molecule has 5 nitrogen and oxygen atoms in total. The molecule has 154 valence electrons. The SMILES string of the molecule is Cl.OCC(F)(F)[C@@H](c1ccc(OCc2ccccc2)cc1O)N1CCNCC1. The molecule has 0 amide bonds. The number of piperazine rings is 1. The van der Waals surface area contributed by atoms with Crippen molar-refractivity contribution in [3.05, 3.63) is 59.7 Å². The predicted octanol–water partition coefficient (Wildman–Crippen LogP) is 2.97. The first-order valence-electron chi connectivity index (χ1n) is 8.94. The molecule has 1 fully saturated rings. The first-order valence-corrected chi connectivity index (χ1v) is 8.94. The number of aliphatic hydroxyl groups excluding tert-OH is 1. The highest BCUT2D eigenvalue weighted by molar-refractivity contribution is 5.85.